The number of carbonyl (C=O) groups excluding carboxylic acids is 2. The second-order valence-electron chi connectivity index (χ2n) is 9.65. The molecule has 0 aromatic heterocycles. The number of amides is 2. The molecule has 1 saturated carbocycles. The van der Waals surface area contributed by atoms with Gasteiger partial charge in [0.15, 0.2) is 0 Å². The molecule has 3 rings (SSSR count). The third kappa shape index (κ3) is 4.36. The SMILES string of the molecule is CC(C)(CC(=O)N1CC[C@](O)(c2ccc(Cl)cc2)[C@@](C)(O)C1)N(C=O)C1CCCC1. The lowest BCUT2D eigenvalue weighted by atomic mass is 9.73. The van der Waals surface area contributed by atoms with E-state index in [0.29, 0.717) is 17.1 Å². The molecule has 0 spiro atoms. The molecule has 1 aromatic rings. The van der Waals surface area contributed by atoms with Gasteiger partial charge in [0.25, 0.3) is 0 Å². The van der Waals surface area contributed by atoms with Crippen LogP contribution in [-0.2, 0) is 15.2 Å². The van der Waals surface area contributed by atoms with Crippen LogP contribution in [0.1, 0.15) is 64.9 Å². The third-order valence-electron chi connectivity index (χ3n) is 6.92. The number of hydrogen-bond acceptors (Lipinski definition) is 4. The molecule has 0 unspecified atom stereocenters. The molecule has 1 aliphatic heterocycles. The lowest BCUT2D eigenvalue weighted by Crippen LogP contribution is -2.63. The van der Waals surface area contributed by atoms with E-state index in [4.69, 9.17) is 11.6 Å². The summed E-state index contributed by atoms with van der Waals surface area (Å²) >= 11 is 5.95. The fourth-order valence-electron chi connectivity index (χ4n) is 5.02. The highest BCUT2D eigenvalue weighted by molar-refractivity contribution is 6.30. The van der Waals surface area contributed by atoms with E-state index in [9.17, 15) is 19.8 Å². The van der Waals surface area contributed by atoms with E-state index in [1.807, 2.05) is 13.8 Å². The van der Waals surface area contributed by atoms with Gasteiger partial charge >= 0.3 is 0 Å². The first-order valence-electron chi connectivity index (χ1n) is 10.7. The molecule has 2 N–H and O–H groups in total. The fourth-order valence-corrected chi connectivity index (χ4v) is 5.15. The van der Waals surface area contributed by atoms with Crippen molar-refractivity contribution in [2.45, 2.75) is 82.1 Å². The number of benzene rings is 1. The summed E-state index contributed by atoms with van der Waals surface area (Å²) in [5.41, 5.74) is -3.02. The van der Waals surface area contributed by atoms with E-state index in [2.05, 4.69) is 0 Å². The molecule has 1 saturated heterocycles. The maximum absolute atomic E-state index is 13.1. The summed E-state index contributed by atoms with van der Waals surface area (Å²) in [6.45, 7) is 5.75. The third-order valence-corrected chi connectivity index (χ3v) is 7.17. The highest BCUT2D eigenvalue weighted by Crippen LogP contribution is 2.41. The molecule has 1 heterocycles. The molecule has 6 nitrogen and oxygen atoms in total. The molecule has 166 valence electrons. The number of likely N-dealkylation sites (tertiary alicyclic amines) is 1. The van der Waals surface area contributed by atoms with Crippen molar-refractivity contribution < 1.29 is 19.8 Å². The predicted molar refractivity (Wildman–Crippen MR) is 116 cm³/mol. The van der Waals surface area contributed by atoms with E-state index in [1.54, 1.807) is 41.0 Å². The van der Waals surface area contributed by atoms with Gasteiger partial charge in [0.1, 0.15) is 11.2 Å². The minimum Gasteiger partial charge on any atom is -0.385 e. The Morgan fingerprint density at radius 1 is 1.27 bits per heavy atom. The molecule has 1 aromatic carbocycles. The van der Waals surface area contributed by atoms with Gasteiger partial charge in [-0.1, -0.05) is 36.6 Å². The summed E-state index contributed by atoms with van der Waals surface area (Å²) in [7, 11) is 0. The molecule has 30 heavy (non-hydrogen) atoms. The van der Waals surface area contributed by atoms with E-state index >= 15 is 0 Å². The van der Waals surface area contributed by atoms with Crippen molar-refractivity contribution in [1.82, 2.24) is 9.80 Å². The van der Waals surface area contributed by atoms with Gasteiger partial charge in [-0.25, -0.2) is 0 Å². The summed E-state index contributed by atoms with van der Waals surface area (Å²) in [6, 6.07) is 6.97. The van der Waals surface area contributed by atoms with E-state index in [-0.39, 0.29) is 31.3 Å². The van der Waals surface area contributed by atoms with Gasteiger partial charge in [-0.2, -0.15) is 0 Å². The maximum Gasteiger partial charge on any atom is 0.225 e. The molecular weight excluding hydrogens is 404 g/mol. The number of nitrogens with zero attached hydrogens (tertiary/aromatic N) is 2. The van der Waals surface area contributed by atoms with Crippen LogP contribution >= 0.6 is 11.6 Å². The highest BCUT2D eigenvalue weighted by atomic mass is 35.5. The average Bonchev–Trinajstić information content (AvgIpc) is 3.18. The standard InChI is InChI=1S/C23H33ClN2O4/c1-21(2,26(16-27)19-6-4-5-7-19)14-20(28)25-13-12-23(30,22(3,29)15-25)17-8-10-18(24)11-9-17/h8-11,16,19,29-30H,4-7,12-15H2,1-3H3/t22-,23-/m0/s1. The Bertz CT molecular complexity index is 774. The van der Waals surface area contributed by atoms with Crippen LogP contribution in [0.25, 0.3) is 0 Å². The zero-order chi connectivity index (χ0) is 22.2. The lowest BCUT2D eigenvalue weighted by molar-refractivity contribution is -0.191. The quantitative estimate of drug-likeness (QED) is 0.671. The number of rotatable bonds is 6. The van der Waals surface area contributed by atoms with Crippen LogP contribution < -0.4 is 0 Å². The van der Waals surface area contributed by atoms with Crippen LogP contribution in [0.5, 0.6) is 0 Å². The fraction of sp³-hybridized carbons (Fsp3) is 0.652. The topological polar surface area (TPSA) is 81.1 Å². The van der Waals surface area contributed by atoms with E-state index in [0.717, 1.165) is 32.1 Å². The monoisotopic (exact) mass is 436 g/mol. The first-order valence-corrected chi connectivity index (χ1v) is 11.1. The van der Waals surface area contributed by atoms with Gasteiger partial charge in [0.2, 0.25) is 12.3 Å². The first-order chi connectivity index (χ1) is 14.0. The van der Waals surface area contributed by atoms with Gasteiger partial charge in [-0.05, 0) is 51.3 Å². The molecule has 1 aliphatic carbocycles. The molecule has 2 fully saturated rings. The van der Waals surface area contributed by atoms with Crippen LogP contribution in [0.15, 0.2) is 24.3 Å². The van der Waals surface area contributed by atoms with Crippen molar-refractivity contribution in [2.24, 2.45) is 0 Å². The van der Waals surface area contributed by atoms with Gasteiger partial charge < -0.3 is 20.0 Å². The predicted octanol–water partition coefficient (Wildman–Crippen LogP) is 3.08. The number of carbonyl (C=O) groups is 2. The molecular formula is C23H33ClN2O4. The largest absolute Gasteiger partial charge is 0.385 e. The van der Waals surface area contributed by atoms with Crippen LogP contribution in [0.2, 0.25) is 5.02 Å². The highest BCUT2D eigenvalue weighted by Gasteiger charge is 2.52. The number of β-amino-alcohol motifs (C(OH)–C–C–N with tert-alkyl or cyclic N) is 1. The van der Waals surface area contributed by atoms with Gasteiger partial charge in [-0.3, -0.25) is 9.59 Å². The normalized spacial score (nSPS) is 27.9. The molecule has 2 amide bonds. The molecule has 2 aliphatic rings. The Hall–Kier alpha value is -1.63. The number of piperidine rings is 1. The number of aliphatic hydroxyl groups is 2. The van der Waals surface area contributed by atoms with Crippen LogP contribution in [0.3, 0.4) is 0 Å². The van der Waals surface area contributed by atoms with Crippen molar-refractivity contribution in [1.29, 1.82) is 0 Å². The minimum absolute atomic E-state index is 0.0194. The Morgan fingerprint density at radius 3 is 2.40 bits per heavy atom. The molecule has 7 heteroatoms. The van der Waals surface area contributed by atoms with Gasteiger partial charge in [0.05, 0.1) is 6.54 Å². The van der Waals surface area contributed by atoms with Crippen molar-refractivity contribution in [3.8, 4) is 0 Å². The van der Waals surface area contributed by atoms with Crippen molar-refractivity contribution >= 4 is 23.9 Å². The molecule has 0 bridgehead atoms. The average molecular weight is 437 g/mol. The van der Waals surface area contributed by atoms with E-state index < -0.39 is 16.7 Å². The zero-order valence-corrected chi connectivity index (χ0v) is 18.9. The van der Waals surface area contributed by atoms with Crippen molar-refractivity contribution in [2.75, 3.05) is 13.1 Å². The first kappa shape index (κ1) is 23.0. The Morgan fingerprint density at radius 2 is 1.87 bits per heavy atom. The summed E-state index contributed by atoms with van der Waals surface area (Å²) < 4.78 is 0. The number of halogens is 1. The molecule has 2 atom stereocenters. The van der Waals surface area contributed by atoms with Crippen LogP contribution in [0, 0.1) is 0 Å². The zero-order valence-electron chi connectivity index (χ0n) is 18.1. The van der Waals surface area contributed by atoms with Crippen molar-refractivity contribution in [3.63, 3.8) is 0 Å². The lowest BCUT2D eigenvalue weighted by Gasteiger charge is -2.50. The summed E-state index contributed by atoms with van der Waals surface area (Å²) in [5.74, 6) is -0.122. The smallest absolute Gasteiger partial charge is 0.225 e. The van der Waals surface area contributed by atoms with Crippen LogP contribution in [0.4, 0.5) is 0 Å². The van der Waals surface area contributed by atoms with E-state index in [1.165, 1.54) is 0 Å². The minimum atomic E-state index is -1.52. The summed E-state index contributed by atoms with van der Waals surface area (Å²) in [4.78, 5) is 28.3. The van der Waals surface area contributed by atoms with Gasteiger partial charge in [0, 0.05) is 36.0 Å². The molecule has 0 radical (unpaired) electrons. The Labute approximate surface area is 183 Å². The summed E-state index contributed by atoms with van der Waals surface area (Å²) in [5, 5.41) is 23.0. The van der Waals surface area contributed by atoms with Crippen LogP contribution in [-0.4, -0.2) is 62.6 Å². The van der Waals surface area contributed by atoms with Gasteiger partial charge in [-0.15, -0.1) is 0 Å². The second kappa shape index (κ2) is 8.48. The Balaban J connectivity index is 1.71. The summed E-state index contributed by atoms with van der Waals surface area (Å²) in [6.07, 6.45) is 5.43. The Kier molecular flexibility index (Phi) is 6.51. The van der Waals surface area contributed by atoms with Crippen molar-refractivity contribution in [3.05, 3.63) is 34.9 Å². The number of hydrogen-bond donors (Lipinski definition) is 2. The second-order valence-corrected chi connectivity index (χ2v) is 10.1. The maximum atomic E-state index is 13.1.